The zero-order chi connectivity index (χ0) is 24.6. The van der Waals surface area contributed by atoms with E-state index >= 15 is 0 Å². The summed E-state index contributed by atoms with van der Waals surface area (Å²) < 4.78 is 12.4. The van der Waals surface area contributed by atoms with Gasteiger partial charge in [0.25, 0.3) is 5.91 Å². The molecule has 1 aromatic carbocycles. The number of hydrogen-bond acceptors (Lipinski definition) is 7. The molecule has 2 N–H and O–H groups in total. The maximum atomic E-state index is 13.1. The van der Waals surface area contributed by atoms with Gasteiger partial charge in [-0.25, -0.2) is 15.0 Å². The summed E-state index contributed by atoms with van der Waals surface area (Å²) in [5.41, 5.74) is 3.07. The minimum absolute atomic E-state index is 0.123. The van der Waals surface area contributed by atoms with Gasteiger partial charge in [0.15, 0.2) is 5.69 Å². The quantitative estimate of drug-likeness (QED) is 0.375. The first-order chi connectivity index (χ1) is 16.8. The molecule has 0 spiro atoms. The maximum Gasteiger partial charge on any atom is 0.277 e. The molecule has 1 amide bonds. The van der Waals surface area contributed by atoms with E-state index < -0.39 is 11.5 Å². The second-order valence-corrected chi connectivity index (χ2v) is 8.50. The van der Waals surface area contributed by atoms with Gasteiger partial charge in [-0.1, -0.05) is 30.3 Å². The van der Waals surface area contributed by atoms with Crippen LogP contribution in [0.5, 0.6) is 5.88 Å². The summed E-state index contributed by atoms with van der Waals surface area (Å²) in [6.07, 6.45) is 6.39. The van der Waals surface area contributed by atoms with Gasteiger partial charge in [-0.15, -0.1) is 0 Å². The van der Waals surface area contributed by atoms with Gasteiger partial charge < -0.3 is 24.0 Å². The van der Waals surface area contributed by atoms with Crippen molar-refractivity contribution in [1.82, 2.24) is 19.4 Å². The highest BCUT2D eigenvalue weighted by Gasteiger charge is 2.22. The molecule has 9 nitrogen and oxygen atoms in total. The van der Waals surface area contributed by atoms with Crippen molar-refractivity contribution in [2.45, 2.75) is 19.4 Å². The number of anilines is 1. The number of fused-ring (bicyclic) bond motifs is 1. The van der Waals surface area contributed by atoms with Gasteiger partial charge >= 0.3 is 0 Å². The summed E-state index contributed by atoms with van der Waals surface area (Å²) in [5, 5.41) is 13.3. The molecule has 0 saturated heterocycles. The van der Waals surface area contributed by atoms with Gasteiger partial charge in [0, 0.05) is 35.8 Å². The Morgan fingerprint density at radius 2 is 1.89 bits per heavy atom. The van der Waals surface area contributed by atoms with Crippen LogP contribution < -0.4 is 10.1 Å². The Hall–Kier alpha value is -4.50. The van der Waals surface area contributed by atoms with E-state index in [9.17, 15) is 9.90 Å². The summed E-state index contributed by atoms with van der Waals surface area (Å²) in [6.45, 7) is 3.35. The Bertz CT molecular complexity index is 1520. The molecule has 0 aliphatic heterocycles. The molecule has 4 aromatic heterocycles. The molecule has 0 aliphatic carbocycles. The van der Waals surface area contributed by atoms with Crippen molar-refractivity contribution in [3.8, 4) is 28.5 Å². The highest BCUT2D eigenvalue weighted by molar-refractivity contribution is 6.05. The van der Waals surface area contributed by atoms with Crippen LogP contribution in [0, 0.1) is 0 Å². The van der Waals surface area contributed by atoms with Crippen LogP contribution in [0.15, 0.2) is 77.8 Å². The molecule has 0 unspecified atom stereocenters. The second kappa shape index (κ2) is 8.69. The SMILES string of the molecule is COc1cc(-c2nc(C(=O)Nc3cn4cc(C(C)(C)O)nc4cc3-c3ccccc3)co2)ccn1. The Kier molecular flexibility index (Phi) is 5.54. The maximum absolute atomic E-state index is 13.1. The van der Waals surface area contributed by atoms with E-state index in [-0.39, 0.29) is 11.6 Å². The van der Waals surface area contributed by atoms with E-state index in [1.54, 1.807) is 49.0 Å². The Morgan fingerprint density at radius 1 is 1.09 bits per heavy atom. The number of aliphatic hydroxyl groups is 1. The van der Waals surface area contributed by atoms with Gasteiger partial charge in [-0.3, -0.25) is 4.79 Å². The first-order valence-electron chi connectivity index (χ1n) is 10.9. The lowest BCUT2D eigenvalue weighted by molar-refractivity contribution is 0.0744. The van der Waals surface area contributed by atoms with Crippen LogP contribution in [0.4, 0.5) is 5.69 Å². The molecular formula is C26H23N5O4. The molecule has 0 saturated carbocycles. The Labute approximate surface area is 201 Å². The fraction of sp³-hybridized carbons (Fsp3) is 0.154. The molecule has 5 aromatic rings. The number of rotatable bonds is 6. The van der Waals surface area contributed by atoms with Crippen molar-refractivity contribution in [2.24, 2.45) is 0 Å². The monoisotopic (exact) mass is 469 g/mol. The number of pyridine rings is 2. The largest absolute Gasteiger partial charge is 0.481 e. The van der Waals surface area contributed by atoms with Crippen LogP contribution in [-0.2, 0) is 5.60 Å². The minimum Gasteiger partial charge on any atom is -0.481 e. The zero-order valence-electron chi connectivity index (χ0n) is 19.4. The fourth-order valence-electron chi connectivity index (χ4n) is 3.64. The first-order valence-corrected chi connectivity index (χ1v) is 10.9. The van der Waals surface area contributed by atoms with Gasteiger partial charge in [-0.2, -0.15) is 0 Å². The second-order valence-electron chi connectivity index (χ2n) is 8.50. The molecular weight excluding hydrogens is 446 g/mol. The molecule has 35 heavy (non-hydrogen) atoms. The third-order valence-electron chi connectivity index (χ3n) is 5.48. The number of hydrogen-bond donors (Lipinski definition) is 2. The third kappa shape index (κ3) is 4.49. The number of ether oxygens (including phenoxy) is 1. The number of nitrogens with one attached hydrogen (secondary N) is 1. The lowest BCUT2D eigenvalue weighted by atomic mass is 10.1. The summed E-state index contributed by atoms with van der Waals surface area (Å²) in [5.74, 6) is 0.262. The summed E-state index contributed by atoms with van der Waals surface area (Å²) >= 11 is 0. The zero-order valence-corrected chi connectivity index (χ0v) is 19.4. The van der Waals surface area contributed by atoms with E-state index in [0.717, 1.165) is 11.1 Å². The lowest BCUT2D eigenvalue weighted by Gasteiger charge is -2.12. The molecule has 9 heteroatoms. The van der Waals surface area contributed by atoms with Crippen molar-refractivity contribution in [3.05, 3.63) is 84.8 Å². The molecule has 0 aliphatic rings. The van der Waals surface area contributed by atoms with E-state index in [0.29, 0.717) is 28.5 Å². The lowest BCUT2D eigenvalue weighted by Crippen LogP contribution is -2.15. The molecule has 5 rings (SSSR count). The fourth-order valence-corrected chi connectivity index (χ4v) is 3.64. The van der Waals surface area contributed by atoms with E-state index in [1.807, 2.05) is 36.4 Å². The van der Waals surface area contributed by atoms with Crippen LogP contribution >= 0.6 is 0 Å². The third-order valence-corrected chi connectivity index (χ3v) is 5.48. The van der Waals surface area contributed by atoms with E-state index in [1.165, 1.54) is 13.4 Å². The molecule has 4 heterocycles. The van der Waals surface area contributed by atoms with E-state index in [4.69, 9.17) is 9.15 Å². The number of methoxy groups -OCH3 is 1. The molecule has 0 atom stereocenters. The highest BCUT2D eigenvalue weighted by Crippen LogP contribution is 2.31. The van der Waals surface area contributed by atoms with Gasteiger partial charge in [0.1, 0.15) is 17.5 Å². The Morgan fingerprint density at radius 3 is 2.63 bits per heavy atom. The van der Waals surface area contributed by atoms with Crippen LogP contribution in [0.3, 0.4) is 0 Å². The standard InChI is InChI=1S/C26H23N5O4/c1-26(2,33)21-14-31-13-19(18(12-22(31)30-21)16-7-5-4-6-8-16)28-24(32)20-15-35-25(29-20)17-9-10-27-23(11-17)34-3/h4-15,33H,1-3H3,(H,28,32). The van der Waals surface area contributed by atoms with Crippen molar-refractivity contribution < 1.29 is 19.1 Å². The Balaban J connectivity index is 1.51. The number of nitrogens with zero attached hydrogens (tertiary/aromatic N) is 4. The molecule has 0 fully saturated rings. The average Bonchev–Trinajstić information content (AvgIpc) is 3.51. The molecule has 176 valence electrons. The average molecular weight is 470 g/mol. The normalized spacial score (nSPS) is 11.5. The molecule has 0 bridgehead atoms. The number of carbonyl (C=O) groups excluding carboxylic acids is 1. The number of benzene rings is 1. The van der Waals surface area contributed by atoms with Crippen LogP contribution in [-0.4, -0.2) is 37.5 Å². The summed E-state index contributed by atoms with van der Waals surface area (Å²) in [4.78, 5) is 26.1. The minimum atomic E-state index is -1.10. The number of imidazole rings is 1. The predicted octanol–water partition coefficient (Wildman–Crippen LogP) is 4.54. The number of carbonyl (C=O) groups is 1. The van der Waals surface area contributed by atoms with Gasteiger partial charge in [0.05, 0.1) is 18.5 Å². The first kappa shape index (κ1) is 22.3. The highest BCUT2D eigenvalue weighted by atomic mass is 16.5. The van der Waals surface area contributed by atoms with Crippen LogP contribution in [0.1, 0.15) is 30.0 Å². The molecule has 0 radical (unpaired) electrons. The summed E-state index contributed by atoms with van der Waals surface area (Å²) in [6, 6.07) is 14.9. The van der Waals surface area contributed by atoms with Crippen molar-refractivity contribution in [3.63, 3.8) is 0 Å². The predicted molar refractivity (Wildman–Crippen MR) is 130 cm³/mol. The van der Waals surface area contributed by atoms with Crippen molar-refractivity contribution >= 4 is 17.2 Å². The van der Waals surface area contributed by atoms with Gasteiger partial charge in [0.2, 0.25) is 11.8 Å². The smallest absolute Gasteiger partial charge is 0.277 e. The van der Waals surface area contributed by atoms with Crippen molar-refractivity contribution in [1.29, 1.82) is 0 Å². The van der Waals surface area contributed by atoms with E-state index in [2.05, 4.69) is 20.3 Å². The van der Waals surface area contributed by atoms with Crippen molar-refractivity contribution in [2.75, 3.05) is 12.4 Å². The van der Waals surface area contributed by atoms with Gasteiger partial charge in [-0.05, 0) is 31.5 Å². The topological polar surface area (TPSA) is 115 Å². The van der Waals surface area contributed by atoms with Crippen LogP contribution in [0.25, 0.3) is 28.2 Å². The van der Waals surface area contributed by atoms with Crippen LogP contribution in [0.2, 0.25) is 0 Å². The number of aromatic nitrogens is 4. The number of amides is 1. The number of oxazole rings is 1. The summed E-state index contributed by atoms with van der Waals surface area (Å²) in [7, 11) is 1.52.